The molecule has 5 heteroatoms. The van der Waals surface area contributed by atoms with Crippen LogP contribution in [0.1, 0.15) is 11.1 Å². The van der Waals surface area contributed by atoms with E-state index in [1.807, 2.05) is 60.7 Å². The summed E-state index contributed by atoms with van der Waals surface area (Å²) >= 11 is 0. The van der Waals surface area contributed by atoms with Gasteiger partial charge >= 0.3 is 6.03 Å². The van der Waals surface area contributed by atoms with Crippen LogP contribution in [0, 0.1) is 0 Å². The first-order valence-corrected chi connectivity index (χ1v) is 7.96. The SMILES string of the molecule is NC(=O)N1c2ccccc2C=Cc2ccccc21.O=C1C=CC=CC1=O. The molecule has 128 valence electrons. The Kier molecular flexibility index (Phi) is 4.90. The number of allylic oxidation sites excluding steroid dienone is 4. The third kappa shape index (κ3) is 3.52. The number of fused-ring (bicyclic) bond motifs is 2. The Morgan fingerprint density at radius 3 is 1.50 bits per heavy atom. The number of anilines is 2. The van der Waals surface area contributed by atoms with Crippen LogP contribution in [0.5, 0.6) is 0 Å². The van der Waals surface area contributed by atoms with Gasteiger partial charge in [-0.2, -0.15) is 0 Å². The third-order valence-electron chi connectivity index (χ3n) is 3.87. The molecule has 2 N–H and O–H groups in total. The van der Waals surface area contributed by atoms with Gasteiger partial charge in [0.15, 0.2) is 0 Å². The lowest BCUT2D eigenvalue weighted by Gasteiger charge is -2.22. The van der Waals surface area contributed by atoms with Gasteiger partial charge in [-0.15, -0.1) is 0 Å². The van der Waals surface area contributed by atoms with Crippen molar-refractivity contribution in [1.29, 1.82) is 0 Å². The Labute approximate surface area is 150 Å². The van der Waals surface area contributed by atoms with Crippen molar-refractivity contribution in [2.24, 2.45) is 5.73 Å². The minimum absolute atomic E-state index is 0.437. The van der Waals surface area contributed by atoms with E-state index in [9.17, 15) is 14.4 Å². The zero-order valence-corrected chi connectivity index (χ0v) is 13.8. The molecule has 0 radical (unpaired) electrons. The molecular formula is C21H16N2O3. The maximum absolute atomic E-state index is 11.8. The molecule has 0 atom stereocenters. The number of para-hydroxylation sites is 2. The standard InChI is InChI=1S/C15H12N2O.C6H4O2/c16-15(18)17-13-7-3-1-5-11(13)9-10-12-6-2-4-8-14(12)17;7-5-3-1-2-4-6(5)8/h1-10H,(H2,16,18);1-4H. The first kappa shape index (κ1) is 17.1. The molecule has 26 heavy (non-hydrogen) atoms. The molecule has 1 heterocycles. The quantitative estimate of drug-likeness (QED) is 0.585. The zero-order valence-electron chi connectivity index (χ0n) is 13.8. The molecule has 2 aromatic rings. The van der Waals surface area contributed by atoms with Gasteiger partial charge in [0.05, 0.1) is 11.4 Å². The second kappa shape index (κ2) is 7.44. The van der Waals surface area contributed by atoms with Gasteiger partial charge in [-0.05, 0) is 35.4 Å². The van der Waals surface area contributed by atoms with Gasteiger partial charge in [0.1, 0.15) is 0 Å². The number of hydrogen-bond acceptors (Lipinski definition) is 3. The molecule has 2 amide bonds. The van der Waals surface area contributed by atoms with Gasteiger partial charge in [-0.3, -0.25) is 14.5 Å². The first-order chi connectivity index (χ1) is 12.6. The summed E-state index contributed by atoms with van der Waals surface area (Å²) in [5, 5.41) is 0. The number of urea groups is 1. The zero-order chi connectivity index (χ0) is 18.5. The second-order valence-electron chi connectivity index (χ2n) is 5.57. The van der Waals surface area contributed by atoms with E-state index < -0.39 is 17.6 Å². The molecule has 5 nitrogen and oxygen atoms in total. The van der Waals surface area contributed by atoms with Gasteiger partial charge in [-0.1, -0.05) is 60.7 Å². The molecule has 0 bridgehead atoms. The monoisotopic (exact) mass is 344 g/mol. The molecule has 1 aliphatic carbocycles. The fourth-order valence-corrected chi connectivity index (χ4v) is 2.66. The van der Waals surface area contributed by atoms with Crippen molar-refractivity contribution in [3.8, 4) is 0 Å². The van der Waals surface area contributed by atoms with E-state index in [0.717, 1.165) is 22.5 Å². The molecule has 2 aromatic carbocycles. The van der Waals surface area contributed by atoms with Crippen molar-refractivity contribution in [2.45, 2.75) is 0 Å². The van der Waals surface area contributed by atoms with Crippen molar-refractivity contribution < 1.29 is 14.4 Å². The maximum atomic E-state index is 11.8. The Bertz CT molecular complexity index is 899. The Morgan fingerprint density at radius 2 is 1.12 bits per heavy atom. The predicted molar refractivity (Wildman–Crippen MR) is 102 cm³/mol. The van der Waals surface area contributed by atoms with Crippen LogP contribution < -0.4 is 10.6 Å². The molecule has 0 aromatic heterocycles. The molecule has 0 fully saturated rings. The van der Waals surface area contributed by atoms with Gasteiger partial charge in [0.25, 0.3) is 0 Å². The van der Waals surface area contributed by atoms with Crippen LogP contribution in [-0.2, 0) is 9.59 Å². The van der Waals surface area contributed by atoms with Crippen LogP contribution in [0.25, 0.3) is 12.2 Å². The topological polar surface area (TPSA) is 80.5 Å². The number of benzene rings is 2. The van der Waals surface area contributed by atoms with Gasteiger partial charge in [-0.25, -0.2) is 4.79 Å². The van der Waals surface area contributed by atoms with E-state index in [0.29, 0.717) is 0 Å². The van der Waals surface area contributed by atoms with Crippen LogP contribution in [0.2, 0.25) is 0 Å². The highest BCUT2D eigenvalue weighted by Crippen LogP contribution is 2.35. The van der Waals surface area contributed by atoms with Crippen molar-refractivity contribution in [2.75, 3.05) is 4.90 Å². The Balaban J connectivity index is 0.000000206. The van der Waals surface area contributed by atoms with E-state index in [4.69, 9.17) is 5.73 Å². The number of amides is 2. The summed E-state index contributed by atoms with van der Waals surface area (Å²) in [5.74, 6) is -0.875. The number of nitrogens with two attached hydrogens (primary N) is 1. The summed E-state index contributed by atoms with van der Waals surface area (Å²) in [4.78, 5) is 33.9. The van der Waals surface area contributed by atoms with E-state index in [1.54, 1.807) is 17.1 Å². The summed E-state index contributed by atoms with van der Waals surface area (Å²) in [6.07, 6.45) is 9.59. The molecule has 0 spiro atoms. The highest BCUT2D eigenvalue weighted by Gasteiger charge is 2.21. The van der Waals surface area contributed by atoms with E-state index in [2.05, 4.69) is 0 Å². The largest absolute Gasteiger partial charge is 0.351 e. The van der Waals surface area contributed by atoms with E-state index in [1.165, 1.54) is 12.2 Å². The number of nitrogens with zero attached hydrogens (tertiary/aromatic N) is 1. The smallest absolute Gasteiger partial charge is 0.323 e. The summed E-state index contributed by atoms with van der Waals surface area (Å²) in [5.41, 5.74) is 9.11. The van der Waals surface area contributed by atoms with Crippen LogP contribution >= 0.6 is 0 Å². The molecule has 0 unspecified atom stereocenters. The summed E-state index contributed by atoms with van der Waals surface area (Å²) < 4.78 is 0. The predicted octanol–water partition coefficient (Wildman–Crippen LogP) is 3.64. The van der Waals surface area contributed by atoms with Gasteiger partial charge < -0.3 is 5.73 Å². The molecular weight excluding hydrogens is 328 g/mol. The summed E-state index contributed by atoms with van der Waals surface area (Å²) in [7, 11) is 0. The average Bonchev–Trinajstić information content (AvgIpc) is 2.81. The normalized spacial score (nSPS) is 14.1. The molecule has 0 saturated heterocycles. The second-order valence-corrected chi connectivity index (χ2v) is 5.57. The molecule has 4 rings (SSSR count). The lowest BCUT2D eigenvalue weighted by molar-refractivity contribution is -0.131. The Morgan fingerprint density at radius 1 is 0.692 bits per heavy atom. The van der Waals surface area contributed by atoms with Gasteiger partial charge in [0.2, 0.25) is 11.6 Å². The van der Waals surface area contributed by atoms with Crippen LogP contribution in [0.15, 0.2) is 72.8 Å². The van der Waals surface area contributed by atoms with E-state index >= 15 is 0 Å². The first-order valence-electron chi connectivity index (χ1n) is 7.96. The molecule has 2 aliphatic rings. The maximum Gasteiger partial charge on any atom is 0.323 e. The number of carbonyl (C=O) groups excluding carboxylic acids is 3. The number of carbonyl (C=O) groups is 3. The van der Waals surface area contributed by atoms with Crippen LogP contribution in [-0.4, -0.2) is 17.6 Å². The molecule has 0 saturated carbocycles. The molecule has 1 aliphatic heterocycles. The highest BCUT2D eigenvalue weighted by atomic mass is 16.2. The third-order valence-corrected chi connectivity index (χ3v) is 3.87. The number of hydrogen-bond donors (Lipinski definition) is 1. The fourth-order valence-electron chi connectivity index (χ4n) is 2.66. The number of ketones is 2. The van der Waals surface area contributed by atoms with Crippen LogP contribution in [0.3, 0.4) is 0 Å². The van der Waals surface area contributed by atoms with Crippen molar-refractivity contribution >= 4 is 41.1 Å². The Hall–Kier alpha value is -3.73. The van der Waals surface area contributed by atoms with Gasteiger partial charge in [0, 0.05) is 0 Å². The van der Waals surface area contributed by atoms with E-state index in [-0.39, 0.29) is 0 Å². The van der Waals surface area contributed by atoms with Crippen molar-refractivity contribution in [1.82, 2.24) is 0 Å². The van der Waals surface area contributed by atoms with Crippen LogP contribution in [0.4, 0.5) is 16.2 Å². The van der Waals surface area contributed by atoms with Crippen molar-refractivity contribution in [3.05, 3.63) is 84.0 Å². The average molecular weight is 344 g/mol. The highest BCUT2D eigenvalue weighted by molar-refractivity contribution is 6.46. The number of rotatable bonds is 0. The van der Waals surface area contributed by atoms with Crippen molar-refractivity contribution in [3.63, 3.8) is 0 Å². The fraction of sp³-hybridized carbons (Fsp3) is 0. The minimum atomic E-state index is -0.474. The summed E-state index contributed by atoms with van der Waals surface area (Å²) in [6, 6.07) is 14.9. The number of primary amides is 1. The minimum Gasteiger partial charge on any atom is -0.351 e. The lowest BCUT2D eigenvalue weighted by Crippen LogP contribution is -2.32. The lowest BCUT2D eigenvalue weighted by atomic mass is 10.1. The summed E-state index contributed by atoms with van der Waals surface area (Å²) in [6.45, 7) is 0.